The third kappa shape index (κ3) is 3.65. The smallest absolute Gasteiger partial charge is 0.387 e. The van der Waals surface area contributed by atoms with Gasteiger partial charge in [0.1, 0.15) is 5.75 Å². The average molecular weight is 349 g/mol. The van der Waals surface area contributed by atoms with Gasteiger partial charge in [-0.05, 0) is 18.2 Å². The Balaban J connectivity index is 1.87. The molecule has 2 aromatic carbocycles. The molecule has 0 radical (unpaired) electrons. The maximum Gasteiger partial charge on any atom is 0.387 e. The van der Waals surface area contributed by atoms with E-state index in [1.807, 2.05) is 24.3 Å². The van der Waals surface area contributed by atoms with E-state index in [4.69, 9.17) is 9.47 Å². The van der Waals surface area contributed by atoms with Gasteiger partial charge in [-0.15, -0.1) is 0 Å². The summed E-state index contributed by atoms with van der Waals surface area (Å²) in [6.45, 7) is -2.60. The van der Waals surface area contributed by atoms with Crippen LogP contribution >= 0.6 is 0 Å². The molecule has 132 valence electrons. The molecular weight excluding hydrogens is 332 g/mol. The van der Waals surface area contributed by atoms with Crippen LogP contribution in [-0.2, 0) is 0 Å². The molecule has 0 spiro atoms. The van der Waals surface area contributed by atoms with E-state index in [9.17, 15) is 13.6 Å². The summed E-state index contributed by atoms with van der Waals surface area (Å²) >= 11 is 0. The number of para-hydroxylation sites is 2. The number of halogens is 2. The van der Waals surface area contributed by atoms with E-state index in [2.05, 4.69) is 10.1 Å². The molecule has 0 aliphatic carbocycles. The second-order valence-corrected chi connectivity index (χ2v) is 5.42. The number of amides is 1. The van der Waals surface area contributed by atoms with Crippen LogP contribution in [0.4, 0.5) is 8.78 Å². The lowest BCUT2D eigenvalue weighted by atomic mass is 10.00. The lowest BCUT2D eigenvalue weighted by molar-refractivity contribution is -0.0515. The van der Waals surface area contributed by atoms with E-state index < -0.39 is 12.5 Å². The summed E-state index contributed by atoms with van der Waals surface area (Å²) in [7, 11) is 1.32. The van der Waals surface area contributed by atoms with Gasteiger partial charge in [0.25, 0.3) is 5.91 Å². The number of hydrogen-bond donors (Lipinski definition) is 1. The highest BCUT2D eigenvalue weighted by Crippen LogP contribution is 2.35. The van der Waals surface area contributed by atoms with Crippen molar-refractivity contribution in [2.45, 2.75) is 19.1 Å². The van der Waals surface area contributed by atoms with Crippen molar-refractivity contribution in [2.24, 2.45) is 0 Å². The molecule has 1 heterocycles. The number of benzene rings is 2. The molecule has 0 saturated heterocycles. The number of hydrogen-bond acceptors (Lipinski definition) is 4. The van der Waals surface area contributed by atoms with Crippen molar-refractivity contribution in [3.8, 4) is 17.2 Å². The second kappa shape index (κ2) is 7.38. The molecule has 25 heavy (non-hydrogen) atoms. The van der Waals surface area contributed by atoms with Crippen LogP contribution in [0.15, 0.2) is 42.5 Å². The summed E-state index contributed by atoms with van der Waals surface area (Å²) in [5, 5.41) is 2.86. The van der Waals surface area contributed by atoms with E-state index in [0.29, 0.717) is 18.8 Å². The van der Waals surface area contributed by atoms with Crippen LogP contribution < -0.4 is 19.5 Å². The molecule has 0 saturated carbocycles. The minimum absolute atomic E-state index is 0.0105. The SMILES string of the molecule is COc1cccc(C(=O)NC2CCOc3ccccc32)c1OC(F)F. The monoisotopic (exact) mass is 349 g/mol. The molecule has 3 rings (SSSR count). The standard InChI is InChI=1S/C18H17F2NO4/c1-23-15-8-4-6-12(16(15)25-18(19)20)17(22)21-13-9-10-24-14-7-3-2-5-11(13)14/h2-8,13,18H,9-10H2,1H3,(H,21,22). The average Bonchev–Trinajstić information content (AvgIpc) is 2.61. The largest absolute Gasteiger partial charge is 0.493 e. The molecule has 7 heteroatoms. The first kappa shape index (κ1) is 17.0. The van der Waals surface area contributed by atoms with Crippen LogP contribution in [0.1, 0.15) is 28.4 Å². The Morgan fingerprint density at radius 1 is 1.24 bits per heavy atom. The number of carbonyl (C=O) groups is 1. The third-order valence-corrected chi connectivity index (χ3v) is 3.91. The second-order valence-electron chi connectivity index (χ2n) is 5.42. The molecule has 2 aromatic rings. The normalized spacial score (nSPS) is 15.9. The number of methoxy groups -OCH3 is 1. The van der Waals surface area contributed by atoms with Crippen LogP contribution in [0.3, 0.4) is 0 Å². The summed E-state index contributed by atoms with van der Waals surface area (Å²) < 4.78 is 40.5. The maximum absolute atomic E-state index is 12.7. The van der Waals surface area contributed by atoms with Gasteiger partial charge in [0.15, 0.2) is 11.5 Å². The van der Waals surface area contributed by atoms with Crippen LogP contribution in [0, 0.1) is 0 Å². The van der Waals surface area contributed by atoms with Gasteiger partial charge in [-0.25, -0.2) is 0 Å². The van der Waals surface area contributed by atoms with Crippen molar-refractivity contribution in [2.75, 3.05) is 13.7 Å². The van der Waals surface area contributed by atoms with Crippen molar-refractivity contribution in [1.82, 2.24) is 5.32 Å². The number of fused-ring (bicyclic) bond motifs is 1. The predicted octanol–water partition coefficient (Wildman–Crippen LogP) is 3.55. The summed E-state index contributed by atoms with van der Waals surface area (Å²) in [5.74, 6) is -0.0248. The maximum atomic E-state index is 12.7. The highest BCUT2D eigenvalue weighted by molar-refractivity contribution is 5.98. The van der Waals surface area contributed by atoms with E-state index in [1.165, 1.54) is 19.2 Å². The lowest BCUT2D eigenvalue weighted by Gasteiger charge is -2.27. The zero-order valence-corrected chi connectivity index (χ0v) is 13.5. The fraction of sp³-hybridized carbons (Fsp3) is 0.278. The zero-order chi connectivity index (χ0) is 17.8. The quantitative estimate of drug-likeness (QED) is 0.897. The minimum Gasteiger partial charge on any atom is -0.493 e. The Kier molecular flexibility index (Phi) is 5.02. The van der Waals surface area contributed by atoms with Gasteiger partial charge in [-0.2, -0.15) is 8.78 Å². The van der Waals surface area contributed by atoms with Crippen LogP contribution in [-0.4, -0.2) is 26.2 Å². The van der Waals surface area contributed by atoms with E-state index in [1.54, 1.807) is 6.07 Å². The van der Waals surface area contributed by atoms with Crippen LogP contribution in [0.5, 0.6) is 17.2 Å². The van der Waals surface area contributed by atoms with E-state index >= 15 is 0 Å². The van der Waals surface area contributed by atoms with Crippen molar-refractivity contribution >= 4 is 5.91 Å². The first-order chi connectivity index (χ1) is 12.1. The van der Waals surface area contributed by atoms with Crippen molar-refractivity contribution in [3.05, 3.63) is 53.6 Å². The molecular formula is C18H17F2NO4. The lowest BCUT2D eigenvalue weighted by Crippen LogP contribution is -2.32. The molecule has 1 N–H and O–H groups in total. The summed E-state index contributed by atoms with van der Waals surface area (Å²) in [5.41, 5.74) is 0.838. The summed E-state index contributed by atoms with van der Waals surface area (Å²) in [6, 6.07) is 11.5. The highest BCUT2D eigenvalue weighted by Gasteiger charge is 2.26. The van der Waals surface area contributed by atoms with E-state index in [-0.39, 0.29) is 23.1 Å². The Morgan fingerprint density at radius 3 is 2.80 bits per heavy atom. The van der Waals surface area contributed by atoms with Crippen molar-refractivity contribution in [3.63, 3.8) is 0 Å². The molecule has 0 aromatic heterocycles. The third-order valence-electron chi connectivity index (χ3n) is 3.91. The number of carbonyl (C=O) groups excluding carboxylic acids is 1. The van der Waals surface area contributed by atoms with Gasteiger partial charge in [0, 0.05) is 12.0 Å². The molecule has 5 nitrogen and oxygen atoms in total. The molecule has 1 amide bonds. The Labute approximate surface area is 143 Å². The Hall–Kier alpha value is -2.83. The van der Waals surface area contributed by atoms with Gasteiger partial charge in [-0.3, -0.25) is 4.79 Å². The topological polar surface area (TPSA) is 56.8 Å². The zero-order valence-electron chi connectivity index (χ0n) is 13.5. The Morgan fingerprint density at radius 2 is 2.04 bits per heavy atom. The number of rotatable bonds is 5. The number of nitrogens with one attached hydrogen (secondary N) is 1. The molecule has 0 bridgehead atoms. The van der Waals surface area contributed by atoms with Gasteiger partial charge in [0.2, 0.25) is 0 Å². The molecule has 1 unspecified atom stereocenters. The fourth-order valence-electron chi connectivity index (χ4n) is 2.79. The first-order valence-electron chi connectivity index (χ1n) is 7.74. The fourth-order valence-corrected chi connectivity index (χ4v) is 2.79. The summed E-state index contributed by atoms with van der Waals surface area (Å²) in [6.07, 6.45) is 0.581. The van der Waals surface area contributed by atoms with Crippen molar-refractivity contribution in [1.29, 1.82) is 0 Å². The van der Waals surface area contributed by atoms with E-state index in [0.717, 1.165) is 5.56 Å². The molecule has 1 aliphatic rings. The van der Waals surface area contributed by atoms with Crippen molar-refractivity contribution < 1.29 is 27.8 Å². The molecule has 1 atom stereocenters. The highest BCUT2D eigenvalue weighted by atomic mass is 19.3. The molecule has 0 fully saturated rings. The van der Waals surface area contributed by atoms with Gasteiger partial charge < -0.3 is 19.5 Å². The number of ether oxygens (including phenoxy) is 3. The number of alkyl halides is 2. The first-order valence-corrected chi connectivity index (χ1v) is 7.74. The minimum atomic E-state index is -3.06. The van der Waals surface area contributed by atoms with Gasteiger partial charge in [0.05, 0.1) is 25.3 Å². The van der Waals surface area contributed by atoms with Gasteiger partial charge >= 0.3 is 6.61 Å². The van der Waals surface area contributed by atoms with Crippen LogP contribution in [0.2, 0.25) is 0 Å². The predicted molar refractivity (Wildman–Crippen MR) is 86.4 cm³/mol. The van der Waals surface area contributed by atoms with Crippen LogP contribution in [0.25, 0.3) is 0 Å². The summed E-state index contributed by atoms with van der Waals surface area (Å²) in [4.78, 5) is 12.7. The Bertz CT molecular complexity index is 766. The van der Waals surface area contributed by atoms with Gasteiger partial charge in [-0.1, -0.05) is 24.3 Å². The molecule has 1 aliphatic heterocycles.